The highest BCUT2D eigenvalue weighted by Gasteiger charge is 2.43. The predicted octanol–water partition coefficient (Wildman–Crippen LogP) is -0.0685. The van der Waals surface area contributed by atoms with Crippen LogP contribution < -0.4 is 11.5 Å². The van der Waals surface area contributed by atoms with Crippen LogP contribution in [-0.4, -0.2) is 74.5 Å². The van der Waals surface area contributed by atoms with Crippen LogP contribution in [0.25, 0.3) is 11.4 Å². The number of aromatic nitrogens is 3. The molecule has 2 aromatic rings. The summed E-state index contributed by atoms with van der Waals surface area (Å²) in [5.41, 5.74) is 12.8. The van der Waals surface area contributed by atoms with Crippen molar-refractivity contribution in [3.63, 3.8) is 0 Å². The van der Waals surface area contributed by atoms with Gasteiger partial charge in [0.1, 0.15) is 23.3 Å². The van der Waals surface area contributed by atoms with E-state index in [1.165, 1.54) is 6.33 Å². The first-order chi connectivity index (χ1) is 14.0. The van der Waals surface area contributed by atoms with E-state index in [1.807, 2.05) is 4.90 Å². The predicted molar refractivity (Wildman–Crippen MR) is 103 cm³/mol. The maximum Gasteiger partial charge on any atom is 0.259 e. The summed E-state index contributed by atoms with van der Waals surface area (Å²) in [6, 6.07) is 0.872. The van der Waals surface area contributed by atoms with Crippen molar-refractivity contribution in [1.29, 1.82) is 0 Å². The van der Waals surface area contributed by atoms with Crippen molar-refractivity contribution in [2.24, 2.45) is 11.5 Å². The Labute approximate surface area is 168 Å². The summed E-state index contributed by atoms with van der Waals surface area (Å²) in [4.78, 5) is 37.9. The van der Waals surface area contributed by atoms with Crippen molar-refractivity contribution in [2.75, 3.05) is 19.6 Å². The quantitative estimate of drug-likeness (QED) is 0.727. The Morgan fingerprint density at radius 2 is 2.03 bits per heavy atom. The van der Waals surface area contributed by atoms with Gasteiger partial charge in [0, 0.05) is 37.9 Å². The molecule has 10 heteroatoms. The van der Waals surface area contributed by atoms with Gasteiger partial charge < -0.3 is 25.8 Å². The number of rotatable bonds is 4. The van der Waals surface area contributed by atoms with E-state index in [-0.39, 0.29) is 30.4 Å². The molecule has 4 heterocycles. The Kier molecular flexibility index (Phi) is 5.29. The fourth-order valence-electron chi connectivity index (χ4n) is 4.31. The van der Waals surface area contributed by atoms with Crippen molar-refractivity contribution in [2.45, 2.75) is 44.3 Å². The minimum atomic E-state index is -0.704. The van der Waals surface area contributed by atoms with Gasteiger partial charge in [0.15, 0.2) is 0 Å². The zero-order valence-electron chi connectivity index (χ0n) is 16.3. The van der Waals surface area contributed by atoms with Crippen LogP contribution in [-0.2, 0) is 4.79 Å². The number of carbonyl (C=O) groups is 2. The van der Waals surface area contributed by atoms with Crippen molar-refractivity contribution >= 4 is 11.8 Å². The summed E-state index contributed by atoms with van der Waals surface area (Å²) in [6.07, 6.45) is 5.70. The highest BCUT2D eigenvalue weighted by atomic mass is 16.5. The number of hydrogen-bond acceptors (Lipinski definition) is 8. The van der Waals surface area contributed by atoms with Crippen molar-refractivity contribution in [3.05, 3.63) is 29.9 Å². The molecular formula is C19H25N7O3. The number of aryl methyl sites for hydroxylation is 1. The zero-order chi connectivity index (χ0) is 20.5. The van der Waals surface area contributed by atoms with Crippen molar-refractivity contribution in [1.82, 2.24) is 24.9 Å². The molecule has 2 bridgehead atoms. The maximum atomic E-state index is 13.4. The summed E-state index contributed by atoms with van der Waals surface area (Å²) in [5.74, 6) is 0.152. The van der Waals surface area contributed by atoms with E-state index >= 15 is 0 Å². The number of hydrogen-bond donors (Lipinski definition) is 2. The molecule has 0 saturated carbocycles. The zero-order valence-corrected chi connectivity index (χ0v) is 16.3. The van der Waals surface area contributed by atoms with Gasteiger partial charge in [-0.3, -0.25) is 9.59 Å². The van der Waals surface area contributed by atoms with E-state index in [0.29, 0.717) is 35.8 Å². The standard InChI is InChI=1S/C19H25N7O3/c1-11-16(17(24-29-11)15-5-6-22-10-23-15)19(28)25-8-12-3-2-4-13(9-25)26(12)18(27)14(21)7-20/h5-6,10,12-14H,2-4,7-9,20-21H2,1H3/t12?,13?,14-/m0/s1. The molecule has 4 N–H and O–H groups in total. The normalized spacial score (nSPS) is 22.4. The van der Waals surface area contributed by atoms with Gasteiger partial charge in [-0.1, -0.05) is 5.16 Å². The monoisotopic (exact) mass is 399 g/mol. The molecular weight excluding hydrogens is 374 g/mol. The highest BCUT2D eigenvalue weighted by molar-refractivity contribution is 6.00. The number of fused-ring (bicyclic) bond motifs is 2. The average molecular weight is 399 g/mol. The summed E-state index contributed by atoms with van der Waals surface area (Å²) >= 11 is 0. The molecule has 2 saturated heterocycles. The second-order valence-electron chi connectivity index (χ2n) is 7.59. The molecule has 4 rings (SSSR count). The van der Waals surface area contributed by atoms with Crippen LogP contribution >= 0.6 is 0 Å². The molecule has 2 aliphatic heterocycles. The lowest BCUT2D eigenvalue weighted by atomic mass is 9.90. The Morgan fingerprint density at radius 1 is 1.31 bits per heavy atom. The van der Waals surface area contributed by atoms with Gasteiger partial charge >= 0.3 is 0 Å². The molecule has 2 aliphatic rings. The molecule has 2 aromatic heterocycles. The Balaban J connectivity index is 1.59. The van der Waals surface area contributed by atoms with Crippen LogP contribution in [0.5, 0.6) is 0 Å². The van der Waals surface area contributed by atoms with Crippen molar-refractivity contribution in [3.8, 4) is 11.4 Å². The van der Waals surface area contributed by atoms with E-state index in [2.05, 4.69) is 15.1 Å². The molecule has 10 nitrogen and oxygen atoms in total. The van der Waals surface area contributed by atoms with Gasteiger partial charge in [-0.05, 0) is 32.3 Å². The topological polar surface area (TPSA) is 144 Å². The molecule has 2 amide bonds. The van der Waals surface area contributed by atoms with E-state index in [9.17, 15) is 9.59 Å². The third kappa shape index (κ3) is 3.49. The first kappa shape index (κ1) is 19.5. The lowest BCUT2D eigenvalue weighted by Crippen LogP contribution is -2.66. The van der Waals surface area contributed by atoms with Gasteiger partial charge in [-0.2, -0.15) is 0 Å². The van der Waals surface area contributed by atoms with Gasteiger partial charge in [0.05, 0.1) is 11.7 Å². The number of nitrogens with two attached hydrogens (primary N) is 2. The smallest absolute Gasteiger partial charge is 0.259 e. The highest BCUT2D eigenvalue weighted by Crippen LogP contribution is 2.32. The maximum absolute atomic E-state index is 13.4. The Hall–Kier alpha value is -2.85. The first-order valence-corrected chi connectivity index (χ1v) is 9.81. The second-order valence-corrected chi connectivity index (χ2v) is 7.59. The van der Waals surface area contributed by atoms with Crippen LogP contribution in [0, 0.1) is 6.92 Å². The molecule has 154 valence electrons. The van der Waals surface area contributed by atoms with Crippen LogP contribution in [0.2, 0.25) is 0 Å². The molecule has 0 aromatic carbocycles. The summed E-state index contributed by atoms with van der Waals surface area (Å²) in [5, 5.41) is 4.04. The largest absolute Gasteiger partial charge is 0.360 e. The molecule has 2 fully saturated rings. The van der Waals surface area contributed by atoms with Crippen LogP contribution in [0.15, 0.2) is 23.1 Å². The van der Waals surface area contributed by atoms with E-state index in [0.717, 1.165) is 19.3 Å². The van der Waals surface area contributed by atoms with Gasteiger partial charge in [-0.15, -0.1) is 0 Å². The summed E-state index contributed by atoms with van der Waals surface area (Å²) in [6.45, 7) is 2.73. The number of carbonyl (C=O) groups excluding carboxylic acids is 2. The Bertz CT molecular complexity index is 886. The minimum absolute atomic E-state index is 0.0563. The molecule has 0 spiro atoms. The lowest BCUT2D eigenvalue weighted by Gasteiger charge is -2.50. The molecule has 29 heavy (non-hydrogen) atoms. The average Bonchev–Trinajstić information content (AvgIpc) is 3.13. The molecule has 2 unspecified atom stereocenters. The second kappa shape index (κ2) is 7.88. The van der Waals surface area contributed by atoms with E-state index < -0.39 is 6.04 Å². The molecule has 0 radical (unpaired) electrons. The van der Waals surface area contributed by atoms with Gasteiger partial charge in [0.25, 0.3) is 5.91 Å². The SMILES string of the molecule is Cc1onc(-c2ccncn2)c1C(=O)N1CC2CCCC(C1)N2C(=O)[C@@H](N)CN. The van der Waals surface area contributed by atoms with Crippen LogP contribution in [0.4, 0.5) is 0 Å². The molecule has 0 aliphatic carbocycles. The van der Waals surface area contributed by atoms with E-state index in [1.54, 1.807) is 24.1 Å². The van der Waals surface area contributed by atoms with E-state index in [4.69, 9.17) is 16.0 Å². The van der Waals surface area contributed by atoms with Gasteiger partial charge in [0.2, 0.25) is 5.91 Å². The number of amides is 2. The third-order valence-corrected chi connectivity index (χ3v) is 5.74. The van der Waals surface area contributed by atoms with Gasteiger partial charge in [-0.25, -0.2) is 9.97 Å². The summed E-state index contributed by atoms with van der Waals surface area (Å²) in [7, 11) is 0. The van der Waals surface area contributed by atoms with Crippen LogP contribution in [0.3, 0.4) is 0 Å². The number of nitrogens with zero attached hydrogens (tertiary/aromatic N) is 5. The fraction of sp³-hybridized carbons (Fsp3) is 0.526. The first-order valence-electron chi connectivity index (χ1n) is 9.81. The van der Waals surface area contributed by atoms with Crippen LogP contribution in [0.1, 0.15) is 35.4 Å². The third-order valence-electron chi connectivity index (χ3n) is 5.74. The number of piperidine rings is 1. The Morgan fingerprint density at radius 3 is 2.66 bits per heavy atom. The number of likely N-dealkylation sites (tertiary alicyclic amines) is 1. The minimum Gasteiger partial charge on any atom is -0.360 e. The lowest BCUT2D eigenvalue weighted by molar-refractivity contribution is -0.143. The van der Waals surface area contributed by atoms with Crippen molar-refractivity contribution < 1.29 is 14.1 Å². The summed E-state index contributed by atoms with van der Waals surface area (Å²) < 4.78 is 5.31. The number of piperazine rings is 1. The molecule has 3 atom stereocenters. The fourth-order valence-corrected chi connectivity index (χ4v) is 4.31.